The molecule has 82 valence electrons. The Balaban J connectivity index is 1.98. The van der Waals surface area contributed by atoms with Crippen LogP contribution >= 0.6 is 35.0 Å². The van der Waals surface area contributed by atoms with Gasteiger partial charge in [-0.25, -0.2) is 0 Å². The van der Waals surface area contributed by atoms with Crippen molar-refractivity contribution < 1.29 is 4.73 Å². The quantitative estimate of drug-likeness (QED) is 0.363. The van der Waals surface area contributed by atoms with E-state index in [1.165, 1.54) is 18.0 Å². The summed E-state index contributed by atoms with van der Waals surface area (Å²) in [5.41, 5.74) is -0.0659. The van der Waals surface area contributed by atoms with Crippen LogP contribution in [0.1, 0.15) is 13.3 Å². The van der Waals surface area contributed by atoms with Crippen LogP contribution in [0.4, 0.5) is 0 Å². The molecule has 1 aliphatic rings. The van der Waals surface area contributed by atoms with E-state index in [1.807, 2.05) is 13.0 Å². The lowest BCUT2D eigenvalue weighted by Crippen LogP contribution is -2.28. The summed E-state index contributed by atoms with van der Waals surface area (Å²) in [6, 6.07) is 5.36. The van der Waals surface area contributed by atoms with Crippen LogP contribution < -0.4 is 4.73 Å². The Hall–Kier alpha value is -0.120. The maximum absolute atomic E-state index is 11.3. The number of alkyl halides is 2. The number of halogens is 2. The van der Waals surface area contributed by atoms with E-state index < -0.39 is 4.33 Å². The summed E-state index contributed by atoms with van der Waals surface area (Å²) < 4.78 is 0.253. The summed E-state index contributed by atoms with van der Waals surface area (Å²) in [6.07, 6.45) is 2.29. The maximum atomic E-state index is 11.3. The molecule has 1 fully saturated rings. The van der Waals surface area contributed by atoms with Crippen LogP contribution in [0.2, 0.25) is 0 Å². The van der Waals surface area contributed by atoms with Gasteiger partial charge in [-0.1, -0.05) is 18.7 Å². The van der Waals surface area contributed by atoms with E-state index in [9.17, 15) is 5.21 Å². The smallest absolute Gasteiger partial charge is 0.251 e. The van der Waals surface area contributed by atoms with E-state index in [-0.39, 0.29) is 5.41 Å². The van der Waals surface area contributed by atoms with Crippen LogP contribution in [-0.4, -0.2) is 10.1 Å². The van der Waals surface area contributed by atoms with E-state index in [4.69, 9.17) is 23.2 Å². The lowest BCUT2D eigenvalue weighted by atomic mass is 10.2. The molecule has 0 saturated heterocycles. The third kappa shape index (κ3) is 2.19. The van der Waals surface area contributed by atoms with Crippen molar-refractivity contribution >= 4 is 35.0 Å². The number of aromatic nitrogens is 1. The predicted molar refractivity (Wildman–Crippen MR) is 63.3 cm³/mol. The van der Waals surface area contributed by atoms with E-state index in [1.54, 1.807) is 12.1 Å². The molecule has 2 nitrogen and oxygen atoms in total. The third-order valence-corrected chi connectivity index (χ3v) is 5.27. The molecular weight excluding hydrogens is 253 g/mol. The summed E-state index contributed by atoms with van der Waals surface area (Å²) in [7, 11) is 0. The monoisotopic (exact) mass is 263 g/mol. The SMILES string of the molecule is CC1(CSc2cccc[n+]2[O-])CC1(Cl)Cl. The minimum Gasteiger partial charge on any atom is -0.618 e. The van der Waals surface area contributed by atoms with Crippen molar-refractivity contribution in [1.82, 2.24) is 0 Å². The van der Waals surface area contributed by atoms with Gasteiger partial charge in [0.05, 0.1) is 0 Å². The Morgan fingerprint density at radius 2 is 2.20 bits per heavy atom. The van der Waals surface area contributed by atoms with Crippen molar-refractivity contribution in [3.05, 3.63) is 29.6 Å². The van der Waals surface area contributed by atoms with Gasteiger partial charge in [-0.05, 0) is 12.5 Å². The highest BCUT2D eigenvalue weighted by atomic mass is 35.5. The molecule has 1 aliphatic carbocycles. The normalized spacial score (nSPS) is 27.7. The highest BCUT2D eigenvalue weighted by Crippen LogP contribution is 2.65. The molecule has 0 bridgehead atoms. The first-order valence-corrected chi connectivity index (χ1v) is 6.38. The maximum Gasteiger partial charge on any atom is 0.251 e. The topological polar surface area (TPSA) is 26.9 Å². The van der Waals surface area contributed by atoms with E-state index in [0.717, 1.165) is 16.9 Å². The second-order valence-corrected chi connectivity index (χ2v) is 6.57. The molecule has 1 atom stereocenters. The molecule has 1 aromatic heterocycles. The van der Waals surface area contributed by atoms with Crippen LogP contribution in [0.25, 0.3) is 0 Å². The number of rotatable bonds is 3. The van der Waals surface area contributed by atoms with Crippen LogP contribution in [0, 0.1) is 10.6 Å². The Labute approximate surface area is 103 Å². The zero-order chi connectivity index (χ0) is 11.1. The van der Waals surface area contributed by atoms with Crippen LogP contribution in [0.5, 0.6) is 0 Å². The Bertz CT molecular complexity index is 385. The van der Waals surface area contributed by atoms with Crippen molar-refractivity contribution in [2.24, 2.45) is 5.41 Å². The first-order valence-electron chi connectivity index (χ1n) is 4.63. The molecule has 0 spiro atoms. The number of pyridine rings is 1. The summed E-state index contributed by atoms with van der Waals surface area (Å²) >= 11 is 13.5. The largest absolute Gasteiger partial charge is 0.618 e. The highest BCUT2D eigenvalue weighted by molar-refractivity contribution is 7.99. The van der Waals surface area contributed by atoms with Gasteiger partial charge >= 0.3 is 0 Å². The molecule has 15 heavy (non-hydrogen) atoms. The van der Waals surface area contributed by atoms with Crippen molar-refractivity contribution in [2.75, 3.05) is 5.75 Å². The van der Waals surface area contributed by atoms with Gasteiger partial charge in [0.15, 0.2) is 6.20 Å². The van der Waals surface area contributed by atoms with E-state index >= 15 is 0 Å². The average molecular weight is 264 g/mol. The Kier molecular flexibility index (Phi) is 2.82. The minimum atomic E-state index is -0.609. The van der Waals surface area contributed by atoms with E-state index in [2.05, 4.69) is 0 Å². The van der Waals surface area contributed by atoms with Gasteiger partial charge in [-0.3, -0.25) is 0 Å². The zero-order valence-corrected chi connectivity index (χ0v) is 10.6. The fourth-order valence-corrected chi connectivity index (χ4v) is 3.42. The molecule has 0 aliphatic heterocycles. The molecule has 1 aromatic rings. The highest BCUT2D eigenvalue weighted by Gasteiger charge is 2.62. The third-order valence-electron chi connectivity index (χ3n) is 2.70. The van der Waals surface area contributed by atoms with Crippen LogP contribution in [0.15, 0.2) is 29.4 Å². The molecule has 2 rings (SSSR count). The molecule has 1 saturated carbocycles. The van der Waals surface area contributed by atoms with Gasteiger partial charge in [0.1, 0.15) is 4.33 Å². The lowest BCUT2D eigenvalue weighted by Gasteiger charge is -2.10. The molecule has 5 heteroatoms. The fourth-order valence-electron chi connectivity index (χ4n) is 1.36. The van der Waals surface area contributed by atoms with Crippen LogP contribution in [0.3, 0.4) is 0 Å². The second-order valence-electron chi connectivity index (χ2n) is 4.10. The fraction of sp³-hybridized carbons (Fsp3) is 0.500. The van der Waals surface area contributed by atoms with Gasteiger partial charge in [0.2, 0.25) is 0 Å². The molecule has 0 amide bonds. The molecule has 1 heterocycles. The number of hydrogen-bond donors (Lipinski definition) is 0. The summed E-state index contributed by atoms with van der Waals surface area (Å²) in [5, 5.41) is 12.0. The molecule has 0 radical (unpaired) electrons. The van der Waals surface area contributed by atoms with Gasteiger partial charge < -0.3 is 5.21 Å². The molecule has 0 aromatic carbocycles. The molecule has 1 unspecified atom stereocenters. The first kappa shape index (κ1) is 11.4. The Morgan fingerprint density at radius 1 is 1.53 bits per heavy atom. The second kappa shape index (κ2) is 3.72. The van der Waals surface area contributed by atoms with E-state index in [0.29, 0.717) is 5.03 Å². The van der Waals surface area contributed by atoms with Crippen molar-refractivity contribution in [3.63, 3.8) is 0 Å². The summed E-state index contributed by atoms with van der Waals surface area (Å²) in [4.78, 5) is 0. The average Bonchev–Trinajstić information content (AvgIpc) is 2.65. The molecule has 0 N–H and O–H groups in total. The van der Waals surface area contributed by atoms with Crippen molar-refractivity contribution in [3.8, 4) is 0 Å². The molecular formula is C10H11Cl2NOS. The standard InChI is InChI=1S/C10H11Cl2NOS/c1-9(6-10(9,11)12)7-15-8-4-2-3-5-13(8)14/h2-5H,6-7H2,1H3. The Morgan fingerprint density at radius 3 is 2.73 bits per heavy atom. The number of hydrogen-bond acceptors (Lipinski definition) is 2. The van der Waals surface area contributed by atoms with Crippen molar-refractivity contribution in [2.45, 2.75) is 22.7 Å². The number of thioether (sulfide) groups is 1. The minimum absolute atomic E-state index is 0.0659. The van der Waals surface area contributed by atoms with Gasteiger partial charge in [-0.2, -0.15) is 4.73 Å². The summed E-state index contributed by atoms with van der Waals surface area (Å²) in [6.45, 7) is 2.04. The van der Waals surface area contributed by atoms with Gasteiger partial charge in [0, 0.05) is 23.3 Å². The lowest BCUT2D eigenvalue weighted by molar-refractivity contribution is -0.645. The van der Waals surface area contributed by atoms with Crippen molar-refractivity contribution in [1.29, 1.82) is 0 Å². The first-order chi connectivity index (χ1) is 6.95. The predicted octanol–water partition coefficient (Wildman–Crippen LogP) is 3.00. The van der Waals surface area contributed by atoms with Gasteiger partial charge in [0.25, 0.3) is 5.03 Å². The zero-order valence-electron chi connectivity index (χ0n) is 8.24. The number of nitrogens with zero attached hydrogens (tertiary/aromatic N) is 1. The summed E-state index contributed by atoms with van der Waals surface area (Å²) in [5.74, 6) is 0.770. The van der Waals surface area contributed by atoms with Crippen LogP contribution in [-0.2, 0) is 0 Å². The van der Waals surface area contributed by atoms with Gasteiger partial charge in [-0.15, -0.1) is 23.2 Å².